The summed E-state index contributed by atoms with van der Waals surface area (Å²) in [6, 6.07) is 9.11. The van der Waals surface area contributed by atoms with Crippen LogP contribution in [0.4, 0.5) is 13.2 Å². The van der Waals surface area contributed by atoms with Gasteiger partial charge in [-0.1, -0.05) is 24.3 Å². The summed E-state index contributed by atoms with van der Waals surface area (Å²) in [6.45, 7) is -0.157. The highest BCUT2D eigenvalue weighted by molar-refractivity contribution is 5.94. The van der Waals surface area contributed by atoms with Crippen LogP contribution in [-0.4, -0.2) is 32.8 Å². The molecule has 7 heteroatoms. The molecule has 0 aliphatic carbocycles. The van der Waals surface area contributed by atoms with E-state index in [9.17, 15) is 18.0 Å². The average Bonchev–Trinajstić information content (AvgIpc) is 2.52. The van der Waals surface area contributed by atoms with Crippen molar-refractivity contribution in [3.63, 3.8) is 0 Å². The molecule has 0 bridgehead atoms. The second kappa shape index (κ2) is 6.76. The van der Waals surface area contributed by atoms with Crippen molar-refractivity contribution in [3.05, 3.63) is 35.9 Å². The molecule has 2 rings (SSSR count). The van der Waals surface area contributed by atoms with Crippen LogP contribution in [-0.2, 0) is 11.2 Å². The van der Waals surface area contributed by atoms with Gasteiger partial charge in [-0.3, -0.25) is 4.79 Å². The van der Waals surface area contributed by atoms with E-state index in [1.54, 1.807) is 6.07 Å². The molecule has 23 heavy (non-hydrogen) atoms. The number of ether oxygens (including phenoxy) is 2. The lowest BCUT2D eigenvalue weighted by Gasteiger charge is -2.15. The Bertz CT molecular complexity index is 714. The topological polar surface area (TPSA) is 47.6 Å². The second-order valence-corrected chi connectivity index (χ2v) is 4.82. The Hall–Kier alpha value is -2.44. The van der Waals surface area contributed by atoms with Crippen LogP contribution in [0.15, 0.2) is 30.3 Å². The molecule has 1 amide bonds. The van der Waals surface area contributed by atoms with E-state index in [-0.39, 0.29) is 13.0 Å². The van der Waals surface area contributed by atoms with Gasteiger partial charge in [0, 0.05) is 22.9 Å². The molecule has 0 atom stereocenters. The molecule has 0 fully saturated rings. The number of alkyl halides is 3. The maximum atomic E-state index is 12.2. The summed E-state index contributed by atoms with van der Waals surface area (Å²) in [6.07, 6.45) is -4.70. The van der Waals surface area contributed by atoms with E-state index < -0.39 is 12.1 Å². The van der Waals surface area contributed by atoms with E-state index in [4.69, 9.17) is 9.47 Å². The van der Waals surface area contributed by atoms with E-state index in [0.29, 0.717) is 17.1 Å². The number of halogens is 3. The Balaban J connectivity index is 2.28. The monoisotopic (exact) mass is 327 g/mol. The van der Waals surface area contributed by atoms with Crippen molar-refractivity contribution in [2.24, 2.45) is 0 Å². The minimum atomic E-state index is -4.88. The van der Waals surface area contributed by atoms with Crippen LogP contribution in [0.2, 0.25) is 0 Å². The first-order valence-corrected chi connectivity index (χ1v) is 6.86. The van der Waals surface area contributed by atoms with Crippen molar-refractivity contribution in [2.45, 2.75) is 12.6 Å². The number of fused-ring (bicyclic) bond motifs is 1. The van der Waals surface area contributed by atoms with Crippen molar-refractivity contribution in [1.82, 2.24) is 5.32 Å². The number of amides is 1. The standard InChI is InChI=1S/C16H16F3NO3/c1-22-13-9-10(7-8-20-15(21)16(17,18)19)14(23-2)12-6-4-3-5-11(12)13/h3-6,9H,7-8H2,1-2H3,(H,20,21). The van der Waals surface area contributed by atoms with Gasteiger partial charge in [0.1, 0.15) is 11.5 Å². The number of methoxy groups -OCH3 is 2. The lowest BCUT2D eigenvalue weighted by Crippen LogP contribution is -2.37. The lowest BCUT2D eigenvalue weighted by molar-refractivity contribution is -0.173. The number of carbonyl (C=O) groups is 1. The molecule has 124 valence electrons. The van der Waals surface area contributed by atoms with E-state index in [1.165, 1.54) is 14.2 Å². The van der Waals surface area contributed by atoms with Gasteiger partial charge in [-0.15, -0.1) is 0 Å². The fourth-order valence-electron chi connectivity index (χ4n) is 2.38. The first-order chi connectivity index (χ1) is 10.9. The maximum Gasteiger partial charge on any atom is 0.471 e. The molecule has 0 aliphatic rings. The zero-order chi connectivity index (χ0) is 17.0. The fraction of sp³-hybridized carbons (Fsp3) is 0.312. The van der Waals surface area contributed by atoms with Gasteiger partial charge in [0.05, 0.1) is 14.2 Å². The number of nitrogens with one attached hydrogen (secondary N) is 1. The molecule has 1 N–H and O–H groups in total. The van der Waals surface area contributed by atoms with Crippen LogP contribution < -0.4 is 14.8 Å². The van der Waals surface area contributed by atoms with Crippen LogP contribution >= 0.6 is 0 Å². The molecule has 0 saturated carbocycles. The third-order valence-corrected chi connectivity index (χ3v) is 3.40. The molecule has 2 aromatic carbocycles. The Kier molecular flexibility index (Phi) is 4.98. The molecule has 0 saturated heterocycles. The predicted octanol–water partition coefficient (Wildman–Crippen LogP) is 3.08. The van der Waals surface area contributed by atoms with Crippen LogP contribution in [0.3, 0.4) is 0 Å². The Morgan fingerprint density at radius 2 is 1.78 bits per heavy atom. The molecule has 0 heterocycles. The molecule has 4 nitrogen and oxygen atoms in total. The van der Waals surface area contributed by atoms with Gasteiger partial charge in [-0.2, -0.15) is 13.2 Å². The first-order valence-electron chi connectivity index (χ1n) is 6.86. The zero-order valence-corrected chi connectivity index (χ0v) is 12.7. The van der Waals surface area contributed by atoms with Gasteiger partial charge in [0.2, 0.25) is 0 Å². The van der Waals surface area contributed by atoms with Gasteiger partial charge in [-0.25, -0.2) is 0 Å². The van der Waals surface area contributed by atoms with E-state index in [2.05, 4.69) is 0 Å². The summed E-state index contributed by atoms with van der Waals surface area (Å²) in [5.74, 6) is -0.801. The normalized spacial score (nSPS) is 11.3. The van der Waals surface area contributed by atoms with Crippen molar-refractivity contribution < 1.29 is 27.4 Å². The maximum absolute atomic E-state index is 12.2. The minimum Gasteiger partial charge on any atom is -0.496 e. The van der Waals surface area contributed by atoms with Crippen molar-refractivity contribution in [2.75, 3.05) is 20.8 Å². The van der Waals surface area contributed by atoms with E-state index in [0.717, 1.165) is 10.8 Å². The number of rotatable bonds is 5. The lowest BCUT2D eigenvalue weighted by atomic mass is 10.0. The number of hydrogen-bond acceptors (Lipinski definition) is 3. The number of carbonyl (C=O) groups excluding carboxylic acids is 1. The Morgan fingerprint density at radius 3 is 2.35 bits per heavy atom. The summed E-state index contributed by atoms with van der Waals surface area (Å²) < 4.78 is 47.3. The minimum absolute atomic E-state index is 0.157. The summed E-state index contributed by atoms with van der Waals surface area (Å²) in [4.78, 5) is 10.9. The molecule has 2 aromatic rings. The van der Waals surface area contributed by atoms with Crippen molar-refractivity contribution >= 4 is 16.7 Å². The fourth-order valence-corrected chi connectivity index (χ4v) is 2.38. The molecule has 0 spiro atoms. The first kappa shape index (κ1) is 16.9. The third-order valence-electron chi connectivity index (χ3n) is 3.40. The number of benzene rings is 2. The van der Waals surface area contributed by atoms with Gasteiger partial charge in [0.15, 0.2) is 0 Å². The third kappa shape index (κ3) is 3.67. The summed E-state index contributed by atoms with van der Waals surface area (Å²) in [5, 5.41) is 3.49. The van der Waals surface area contributed by atoms with Gasteiger partial charge < -0.3 is 14.8 Å². The van der Waals surface area contributed by atoms with Crippen LogP contribution in [0.25, 0.3) is 10.8 Å². The van der Waals surface area contributed by atoms with Crippen LogP contribution in [0.5, 0.6) is 11.5 Å². The Labute approximate surface area is 131 Å². The van der Waals surface area contributed by atoms with Gasteiger partial charge in [-0.05, 0) is 12.5 Å². The highest BCUT2D eigenvalue weighted by atomic mass is 19.4. The highest BCUT2D eigenvalue weighted by Gasteiger charge is 2.38. The summed E-state index contributed by atoms with van der Waals surface area (Å²) in [5.41, 5.74) is 0.658. The predicted molar refractivity (Wildman–Crippen MR) is 79.8 cm³/mol. The molecular formula is C16H16F3NO3. The molecule has 0 aliphatic heterocycles. The van der Waals surface area contributed by atoms with E-state index in [1.807, 2.05) is 29.6 Å². The van der Waals surface area contributed by atoms with Crippen molar-refractivity contribution in [1.29, 1.82) is 0 Å². The van der Waals surface area contributed by atoms with Crippen molar-refractivity contribution in [3.8, 4) is 11.5 Å². The van der Waals surface area contributed by atoms with E-state index >= 15 is 0 Å². The molecule has 0 radical (unpaired) electrons. The SMILES string of the molecule is COc1cc(CCNC(=O)C(F)(F)F)c(OC)c2ccccc12. The zero-order valence-electron chi connectivity index (χ0n) is 12.7. The quantitative estimate of drug-likeness (QED) is 0.918. The number of hydrogen-bond donors (Lipinski definition) is 1. The Morgan fingerprint density at radius 1 is 1.13 bits per heavy atom. The average molecular weight is 327 g/mol. The second-order valence-electron chi connectivity index (χ2n) is 4.82. The van der Waals surface area contributed by atoms with Crippen LogP contribution in [0, 0.1) is 0 Å². The summed E-state index contributed by atoms with van der Waals surface area (Å²) in [7, 11) is 3.01. The highest BCUT2D eigenvalue weighted by Crippen LogP contribution is 2.36. The largest absolute Gasteiger partial charge is 0.496 e. The molecule has 0 unspecified atom stereocenters. The molecular weight excluding hydrogens is 311 g/mol. The van der Waals surface area contributed by atoms with Gasteiger partial charge in [0.25, 0.3) is 0 Å². The molecule has 0 aromatic heterocycles. The smallest absolute Gasteiger partial charge is 0.471 e. The van der Waals surface area contributed by atoms with Crippen LogP contribution in [0.1, 0.15) is 5.56 Å². The summed E-state index contributed by atoms with van der Waals surface area (Å²) >= 11 is 0. The van der Waals surface area contributed by atoms with Gasteiger partial charge >= 0.3 is 12.1 Å².